The fourth-order valence-corrected chi connectivity index (χ4v) is 2.02. The standard InChI is InChI=1S/C16H15N3O2/c1-10-7-8-12(9-13(10)20)15-18-19-16(21-15)14(17)11-5-3-2-4-6-11/h2-9,14,20H,17H2,1H3. The summed E-state index contributed by atoms with van der Waals surface area (Å²) in [5, 5.41) is 17.7. The zero-order valence-electron chi connectivity index (χ0n) is 11.5. The second-order valence-electron chi connectivity index (χ2n) is 4.84. The lowest BCUT2D eigenvalue weighted by Crippen LogP contribution is -2.11. The topological polar surface area (TPSA) is 85.2 Å². The van der Waals surface area contributed by atoms with Crippen molar-refractivity contribution in [2.24, 2.45) is 5.73 Å². The Morgan fingerprint density at radius 1 is 1.10 bits per heavy atom. The molecule has 0 fully saturated rings. The summed E-state index contributed by atoms with van der Waals surface area (Å²) in [5.74, 6) is 0.877. The van der Waals surface area contributed by atoms with Gasteiger partial charge >= 0.3 is 0 Å². The fourth-order valence-electron chi connectivity index (χ4n) is 2.02. The zero-order chi connectivity index (χ0) is 14.8. The first-order valence-electron chi connectivity index (χ1n) is 6.59. The first-order valence-corrected chi connectivity index (χ1v) is 6.59. The Morgan fingerprint density at radius 3 is 2.57 bits per heavy atom. The normalized spacial score (nSPS) is 12.3. The number of hydrogen-bond donors (Lipinski definition) is 2. The molecule has 0 saturated heterocycles. The number of benzene rings is 2. The van der Waals surface area contributed by atoms with E-state index in [0.717, 1.165) is 11.1 Å². The number of nitrogens with zero attached hydrogens (tertiary/aromatic N) is 2. The Balaban J connectivity index is 1.91. The van der Waals surface area contributed by atoms with Gasteiger partial charge in [-0.05, 0) is 30.2 Å². The van der Waals surface area contributed by atoms with Crippen LogP contribution in [0.1, 0.15) is 23.1 Å². The number of phenols is 1. The van der Waals surface area contributed by atoms with Gasteiger partial charge < -0.3 is 15.3 Å². The maximum atomic E-state index is 9.74. The molecule has 3 rings (SSSR count). The van der Waals surface area contributed by atoms with Crippen molar-refractivity contribution in [2.45, 2.75) is 13.0 Å². The maximum absolute atomic E-state index is 9.74. The number of phenolic OH excluding ortho intramolecular Hbond substituents is 1. The minimum atomic E-state index is -0.466. The van der Waals surface area contributed by atoms with Crippen LogP contribution in [0.15, 0.2) is 52.9 Å². The lowest BCUT2D eigenvalue weighted by Gasteiger charge is -2.06. The molecule has 0 bridgehead atoms. The Morgan fingerprint density at radius 2 is 1.86 bits per heavy atom. The van der Waals surface area contributed by atoms with Crippen LogP contribution in [0.5, 0.6) is 5.75 Å². The Hall–Kier alpha value is -2.66. The molecule has 1 unspecified atom stereocenters. The molecule has 0 spiro atoms. The molecule has 21 heavy (non-hydrogen) atoms. The third-order valence-electron chi connectivity index (χ3n) is 3.32. The average molecular weight is 281 g/mol. The van der Waals surface area contributed by atoms with Crippen LogP contribution < -0.4 is 5.73 Å². The largest absolute Gasteiger partial charge is 0.508 e. The van der Waals surface area contributed by atoms with Crippen LogP contribution >= 0.6 is 0 Å². The highest BCUT2D eigenvalue weighted by Crippen LogP contribution is 2.27. The van der Waals surface area contributed by atoms with Crippen molar-refractivity contribution < 1.29 is 9.52 Å². The second-order valence-corrected chi connectivity index (χ2v) is 4.84. The van der Waals surface area contributed by atoms with Crippen LogP contribution in [0, 0.1) is 6.92 Å². The van der Waals surface area contributed by atoms with E-state index in [2.05, 4.69) is 10.2 Å². The van der Waals surface area contributed by atoms with E-state index in [9.17, 15) is 5.11 Å². The Kier molecular flexibility index (Phi) is 3.41. The van der Waals surface area contributed by atoms with E-state index in [0.29, 0.717) is 17.3 Å². The van der Waals surface area contributed by atoms with Gasteiger partial charge in [0, 0.05) is 5.56 Å². The van der Waals surface area contributed by atoms with Crippen LogP contribution in [0.4, 0.5) is 0 Å². The van der Waals surface area contributed by atoms with E-state index in [-0.39, 0.29) is 5.75 Å². The molecule has 0 amide bonds. The van der Waals surface area contributed by atoms with Gasteiger partial charge in [-0.25, -0.2) is 0 Å². The summed E-state index contributed by atoms with van der Waals surface area (Å²) in [5.41, 5.74) is 8.47. The van der Waals surface area contributed by atoms with Crippen LogP contribution in [0.25, 0.3) is 11.5 Å². The van der Waals surface area contributed by atoms with Crippen molar-refractivity contribution in [1.82, 2.24) is 10.2 Å². The number of nitrogens with two attached hydrogens (primary N) is 1. The summed E-state index contributed by atoms with van der Waals surface area (Å²) in [6.45, 7) is 1.82. The van der Waals surface area contributed by atoms with Crippen LogP contribution in [0.3, 0.4) is 0 Å². The van der Waals surface area contributed by atoms with Crippen LogP contribution in [-0.2, 0) is 0 Å². The van der Waals surface area contributed by atoms with Gasteiger partial charge in [-0.1, -0.05) is 36.4 Å². The third-order valence-corrected chi connectivity index (χ3v) is 3.32. The van der Waals surface area contributed by atoms with E-state index in [1.807, 2.05) is 43.3 Å². The molecule has 0 aliphatic carbocycles. The zero-order valence-corrected chi connectivity index (χ0v) is 11.5. The molecule has 5 nitrogen and oxygen atoms in total. The van der Waals surface area contributed by atoms with Gasteiger partial charge in [0.25, 0.3) is 0 Å². The highest BCUT2D eigenvalue weighted by molar-refractivity contribution is 5.57. The molecule has 3 N–H and O–H groups in total. The molecule has 106 valence electrons. The van der Waals surface area contributed by atoms with Crippen LogP contribution in [-0.4, -0.2) is 15.3 Å². The van der Waals surface area contributed by atoms with Crippen LogP contribution in [0.2, 0.25) is 0 Å². The molecule has 0 saturated carbocycles. The lowest BCUT2D eigenvalue weighted by molar-refractivity contribution is 0.468. The SMILES string of the molecule is Cc1ccc(-c2nnc(C(N)c3ccccc3)o2)cc1O. The van der Waals surface area contributed by atoms with E-state index in [1.165, 1.54) is 0 Å². The predicted octanol–water partition coefficient (Wildman–Crippen LogP) is 2.80. The number of rotatable bonds is 3. The van der Waals surface area contributed by atoms with Crippen molar-refractivity contribution in [1.29, 1.82) is 0 Å². The first-order chi connectivity index (χ1) is 10.1. The summed E-state index contributed by atoms with van der Waals surface area (Å²) in [7, 11) is 0. The summed E-state index contributed by atoms with van der Waals surface area (Å²) in [4.78, 5) is 0. The molecular weight excluding hydrogens is 266 g/mol. The summed E-state index contributed by atoms with van der Waals surface area (Å²) in [6, 6.07) is 14.3. The molecule has 0 radical (unpaired) electrons. The third kappa shape index (κ3) is 2.64. The molecule has 0 aliphatic heterocycles. The van der Waals surface area contributed by atoms with Gasteiger partial charge in [-0.3, -0.25) is 0 Å². The monoisotopic (exact) mass is 281 g/mol. The predicted molar refractivity (Wildman–Crippen MR) is 78.6 cm³/mol. The van der Waals surface area contributed by atoms with Crippen molar-refractivity contribution in [3.05, 3.63) is 65.5 Å². The van der Waals surface area contributed by atoms with E-state index >= 15 is 0 Å². The molecule has 1 heterocycles. The summed E-state index contributed by atoms with van der Waals surface area (Å²) in [6.07, 6.45) is 0. The first kappa shape index (κ1) is 13.3. The highest BCUT2D eigenvalue weighted by Gasteiger charge is 2.17. The molecule has 2 aromatic carbocycles. The van der Waals surface area contributed by atoms with Crippen molar-refractivity contribution >= 4 is 0 Å². The number of aromatic nitrogens is 2. The van der Waals surface area contributed by atoms with E-state index in [1.54, 1.807) is 12.1 Å². The van der Waals surface area contributed by atoms with Crippen molar-refractivity contribution in [2.75, 3.05) is 0 Å². The molecule has 5 heteroatoms. The van der Waals surface area contributed by atoms with Crippen molar-refractivity contribution in [3.63, 3.8) is 0 Å². The van der Waals surface area contributed by atoms with Gasteiger partial charge in [-0.2, -0.15) is 0 Å². The van der Waals surface area contributed by atoms with Gasteiger partial charge in [-0.15, -0.1) is 10.2 Å². The molecule has 0 aliphatic rings. The minimum Gasteiger partial charge on any atom is -0.508 e. The van der Waals surface area contributed by atoms with Gasteiger partial charge in [0.2, 0.25) is 11.8 Å². The molecular formula is C16H15N3O2. The lowest BCUT2D eigenvalue weighted by atomic mass is 10.1. The van der Waals surface area contributed by atoms with Gasteiger partial charge in [0.1, 0.15) is 11.8 Å². The molecule has 1 aromatic heterocycles. The average Bonchev–Trinajstić information content (AvgIpc) is 3.00. The van der Waals surface area contributed by atoms with Gasteiger partial charge in [0.05, 0.1) is 0 Å². The quantitative estimate of drug-likeness (QED) is 0.771. The Bertz CT molecular complexity index is 753. The van der Waals surface area contributed by atoms with E-state index < -0.39 is 6.04 Å². The number of hydrogen-bond acceptors (Lipinski definition) is 5. The van der Waals surface area contributed by atoms with E-state index in [4.69, 9.17) is 10.2 Å². The smallest absolute Gasteiger partial charge is 0.247 e. The minimum absolute atomic E-state index is 0.194. The Labute approximate surface area is 122 Å². The second kappa shape index (κ2) is 5.38. The summed E-state index contributed by atoms with van der Waals surface area (Å²) < 4.78 is 5.62. The molecule has 1 atom stereocenters. The molecule has 3 aromatic rings. The van der Waals surface area contributed by atoms with Gasteiger partial charge in [0.15, 0.2) is 0 Å². The summed E-state index contributed by atoms with van der Waals surface area (Å²) >= 11 is 0. The van der Waals surface area contributed by atoms with Crippen molar-refractivity contribution in [3.8, 4) is 17.2 Å². The fraction of sp³-hybridized carbons (Fsp3) is 0.125. The maximum Gasteiger partial charge on any atom is 0.247 e. The highest BCUT2D eigenvalue weighted by atomic mass is 16.4. The number of aryl methyl sites for hydroxylation is 1. The number of aromatic hydroxyl groups is 1.